The van der Waals surface area contributed by atoms with Crippen LogP contribution in [0.15, 0.2) is 28.2 Å². The number of ether oxygens (including phenoxy) is 2. The van der Waals surface area contributed by atoms with E-state index in [-0.39, 0.29) is 17.0 Å². The fourth-order valence-electron chi connectivity index (χ4n) is 2.12. The SMILES string of the molecule is CCOc1cc(-c2nc(SC)[nH]c(=O)c2C#N)ccc1OC(C)C(=O)O. The summed E-state index contributed by atoms with van der Waals surface area (Å²) in [6, 6.07) is 6.56. The number of thioether (sulfide) groups is 1. The number of aromatic nitrogens is 2. The lowest BCUT2D eigenvalue weighted by Crippen LogP contribution is -2.23. The van der Waals surface area contributed by atoms with Crippen LogP contribution in [0, 0.1) is 11.3 Å². The first-order chi connectivity index (χ1) is 12.4. The highest BCUT2D eigenvalue weighted by Gasteiger charge is 2.19. The Hall–Kier alpha value is -2.99. The minimum atomic E-state index is -1.11. The molecule has 0 aliphatic rings. The lowest BCUT2D eigenvalue weighted by atomic mass is 10.1. The third-order valence-corrected chi connectivity index (χ3v) is 3.95. The van der Waals surface area contributed by atoms with Crippen LogP contribution in [0.4, 0.5) is 0 Å². The molecule has 1 heterocycles. The van der Waals surface area contributed by atoms with Crippen LogP contribution in [0.25, 0.3) is 11.3 Å². The predicted octanol–water partition coefficient (Wildman–Crippen LogP) is 2.28. The van der Waals surface area contributed by atoms with Crippen molar-refractivity contribution in [1.29, 1.82) is 5.26 Å². The largest absolute Gasteiger partial charge is 0.490 e. The average molecular weight is 375 g/mol. The fraction of sp³-hybridized carbons (Fsp3) is 0.294. The quantitative estimate of drug-likeness (QED) is 0.558. The lowest BCUT2D eigenvalue weighted by Gasteiger charge is -2.16. The zero-order chi connectivity index (χ0) is 19.3. The van der Waals surface area contributed by atoms with Gasteiger partial charge in [-0.25, -0.2) is 9.78 Å². The fourth-order valence-corrected chi connectivity index (χ4v) is 2.50. The molecule has 0 spiro atoms. The molecule has 136 valence electrons. The van der Waals surface area contributed by atoms with Crippen LogP contribution >= 0.6 is 11.8 Å². The zero-order valence-corrected chi connectivity index (χ0v) is 15.2. The number of rotatable bonds is 7. The highest BCUT2D eigenvalue weighted by molar-refractivity contribution is 7.98. The number of nitrogens with zero attached hydrogens (tertiary/aromatic N) is 2. The number of nitriles is 1. The number of aromatic amines is 1. The van der Waals surface area contributed by atoms with Gasteiger partial charge in [0, 0.05) is 5.56 Å². The van der Waals surface area contributed by atoms with Gasteiger partial charge in [0.15, 0.2) is 22.8 Å². The van der Waals surface area contributed by atoms with E-state index in [1.807, 2.05) is 6.07 Å². The molecular formula is C17H17N3O5S. The summed E-state index contributed by atoms with van der Waals surface area (Å²) in [5, 5.41) is 18.7. The van der Waals surface area contributed by atoms with Crippen LogP contribution in [0.1, 0.15) is 19.4 Å². The van der Waals surface area contributed by atoms with E-state index in [9.17, 15) is 14.9 Å². The molecule has 1 unspecified atom stereocenters. The van der Waals surface area contributed by atoms with Gasteiger partial charge in [-0.1, -0.05) is 11.8 Å². The van der Waals surface area contributed by atoms with Gasteiger partial charge in [0.1, 0.15) is 11.6 Å². The summed E-state index contributed by atoms with van der Waals surface area (Å²) in [5.41, 5.74) is 0.0681. The van der Waals surface area contributed by atoms with E-state index in [1.165, 1.54) is 24.8 Å². The first kappa shape index (κ1) is 19.3. The van der Waals surface area contributed by atoms with Crippen molar-refractivity contribution in [2.24, 2.45) is 0 Å². The molecule has 0 saturated heterocycles. The number of hydrogen-bond donors (Lipinski definition) is 2. The predicted molar refractivity (Wildman–Crippen MR) is 95.7 cm³/mol. The molecule has 0 radical (unpaired) electrons. The number of benzene rings is 1. The van der Waals surface area contributed by atoms with Crippen LogP contribution in [0.5, 0.6) is 11.5 Å². The van der Waals surface area contributed by atoms with E-state index in [0.717, 1.165) is 0 Å². The highest BCUT2D eigenvalue weighted by atomic mass is 32.2. The Bertz CT molecular complexity index is 920. The molecule has 8 nitrogen and oxygen atoms in total. The van der Waals surface area contributed by atoms with Crippen molar-refractivity contribution in [3.05, 3.63) is 34.1 Å². The van der Waals surface area contributed by atoms with Crippen molar-refractivity contribution in [3.63, 3.8) is 0 Å². The molecule has 2 N–H and O–H groups in total. The second kappa shape index (κ2) is 8.40. The number of nitrogens with one attached hydrogen (secondary N) is 1. The Morgan fingerprint density at radius 2 is 2.19 bits per heavy atom. The van der Waals surface area contributed by atoms with Crippen molar-refractivity contribution in [1.82, 2.24) is 9.97 Å². The number of H-pyrrole nitrogens is 1. The van der Waals surface area contributed by atoms with Gasteiger partial charge in [-0.15, -0.1) is 0 Å². The molecule has 9 heteroatoms. The van der Waals surface area contributed by atoms with E-state index >= 15 is 0 Å². The van der Waals surface area contributed by atoms with Crippen LogP contribution in [0.3, 0.4) is 0 Å². The van der Waals surface area contributed by atoms with Gasteiger partial charge in [0.2, 0.25) is 0 Å². The zero-order valence-electron chi connectivity index (χ0n) is 14.4. The topological polar surface area (TPSA) is 125 Å². The van der Waals surface area contributed by atoms with Crippen LogP contribution in [-0.4, -0.2) is 40.0 Å². The van der Waals surface area contributed by atoms with Gasteiger partial charge in [-0.05, 0) is 38.3 Å². The summed E-state index contributed by atoms with van der Waals surface area (Å²) >= 11 is 1.24. The molecule has 2 aromatic rings. The molecule has 0 amide bonds. The molecule has 0 aliphatic heterocycles. The minimum absolute atomic E-state index is 0.113. The number of carboxylic acids is 1. The van der Waals surface area contributed by atoms with E-state index in [1.54, 1.807) is 25.3 Å². The van der Waals surface area contributed by atoms with Crippen LogP contribution in [0.2, 0.25) is 0 Å². The normalized spacial score (nSPS) is 11.5. The summed E-state index contributed by atoms with van der Waals surface area (Å²) in [7, 11) is 0. The highest BCUT2D eigenvalue weighted by Crippen LogP contribution is 2.33. The van der Waals surface area contributed by atoms with Crippen molar-refractivity contribution in [2.75, 3.05) is 12.9 Å². The number of carbonyl (C=O) groups is 1. The lowest BCUT2D eigenvalue weighted by molar-refractivity contribution is -0.144. The van der Waals surface area contributed by atoms with Gasteiger partial charge in [0.05, 0.1) is 12.3 Å². The molecule has 1 aromatic carbocycles. The second-order valence-corrected chi connectivity index (χ2v) is 5.90. The van der Waals surface area contributed by atoms with Crippen LogP contribution < -0.4 is 15.0 Å². The van der Waals surface area contributed by atoms with Crippen molar-refractivity contribution in [3.8, 4) is 28.8 Å². The monoisotopic (exact) mass is 375 g/mol. The number of aliphatic carboxylic acids is 1. The number of hydrogen-bond acceptors (Lipinski definition) is 7. The summed E-state index contributed by atoms with van der Waals surface area (Å²) in [6.45, 7) is 3.50. The maximum atomic E-state index is 12.1. The Labute approximate surface area is 153 Å². The van der Waals surface area contributed by atoms with E-state index in [4.69, 9.17) is 14.6 Å². The Kier molecular flexibility index (Phi) is 6.25. The van der Waals surface area contributed by atoms with Crippen molar-refractivity contribution < 1.29 is 19.4 Å². The molecule has 1 atom stereocenters. The molecule has 0 bridgehead atoms. The summed E-state index contributed by atoms with van der Waals surface area (Å²) in [5.74, 6) is -0.558. The smallest absolute Gasteiger partial charge is 0.344 e. The summed E-state index contributed by atoms with van der Waals surface area (Å²) in [4.78, 5) is 29.9. The maximum Gasteiger partial charge on any atom is 0.344 e. The summed E-state index contributed by atoms with van der Waals surface area (Å²) < 4.78 is 10.9. The second-order valence-electron chi connectivity index (χ2n) is 5.10. The number of carboxylic acid groups (broad SMARTS) is 1. The third kappa shape index (κ3) is 4.15. The molecule has 0 saturated carbocycles. The van der Waals surface area contributed by atoms with Crippen LogP contribution in [-0.2, 0) is 4.79 Å². The van der Waals surface area contributed by atoms with E-state index in [0.29, 0.717) is 23.1 Å². The molecular weight excluding hydrogens is 358 g/mol. The first-order valence-corrected chi connectivity index (χ1v) is 8.88. The molecule has 1 aromatic heterocycles. The summed E-state index contributed by atoms with van der Waals surface area (Å²) in [6.07, 6.45) is 0.694. The van der Waals surface area contributed by atoms with Crippen molar-refractivity contribution >= 4 is 17.7 Å². The van der Waals surface area contributed by atoms with E-state index < -0.39 is 17.6 Å². The standard InChI is InChI=1S/C17H17N3O5S/c1-4-24-13-7-10(5-6-12(13)25-9(2)16(22)23)14-11(8-18)15(21)20-17(19-14)26-3/h5-7,9H,4H2,1-3H3,(H,22,23)(H,19,20,21). The third-order valence-electron chi connectivity index (χ3n) is 3.37. The Morgan fingerprint density at radius 3 is 2.77 bits per heavy atom. The minimum Gasteiger partial charge on any atom is -0.490 e. The van der Waals surface area contributed by atoms with E-state index in [2.05, 4.69) is 9.97 Å². The Morgan fingerprint density at radius 1 is 1.46 bits per heavy atom. The Balaban J connectivity index is 2.57. The molecule has 2 rings (SSSR count). The van der Waals surface area contributed by atoms with Gasteiger partial charge in [0.25, 0.3) is 5.56 Å². The first-order valence-electron chi connectivity index (χ1n) is 7.66. The van der Waals surface area contributed by atoms with Gasteiger partial charge in [-0.2, -0.15) is 5.26 Å². The molecule has 26 heavy (non-hydrogen) atoms. The maximum absolute atomic E-state index is 12.1. The molecule has 0 fully saturated rings. The van der Waals surface area contributed by atoms with Gasteiger partial charge >= 0.3 is 5.97 Å². The molecule has 0 aliphatic carbocycles. The van der Waals surface area contributed by atoms with Gasteiger partial charge in [-0.3, -0.25) is 4.79 Å². The van der Waals surface area contributed by atoms with Crippen molar-refractivity contribution in [2.45, 2.75) is 25.1 Å². The average Bonchev–Trinajstić information content (AvgIpc) is 2.62. The van der Waals surface area contributed by atoms with Gasteiger partial charge < -0.3 is 19.6 Å².